The second-order valence-electron chi connectivity index (χ2n) is 19.4. The van der Waals surface area contributed by atoms with Gasteiger partial charge in [-0.15, -0.1) is 0 Å². The number of benzene rings is 2. The Hall–Kier alpha value is -2.13. The van der Waals surface area contributed by atoms with Gasteiger partial charge in [-0.2, -0.15) is 17.2 Å². The molecule has 0 saturated heterocycles. The average Bonchev–Trinajstić information content (AvgIpc) is 3.04. The SMILES string of the molecule is O=S(=O)(O)c1c(F)c(F)c(Oc2c(C3C4CC5CC(C4)CC3C5)cc(C3C4CC5CC(C4)CC3C5)cc2C2C3CC4CC(C3)CC2C4)c(F)c1F. The van der Waals surface area contributed by atoms with Crippen molar-refractivity contribution in [2.75, 3.05) is 0 Å². The third-order valence-corrected chi connectivity index (χ3v) is 17.5. The van der Waals surface area contributed by atoms with E-state index in [1.165, 1.54) is 50.5 Å². The van der Waals surface area contributed by atoms with Gasteiger partial charge in [0.1, 0.15) is 5.75 Å². The monoisotopic (exact) mass is 724 g/mol. The van der Waals surface area contributed by atoms with Gasteiger partial charge in [0, 0.05) is 0 Å². The zero-order valence-electron chi connectivity index (χ0n) is 29.0. The molecule has 274 valence electrons. The number of halogens is 4. The summed E-state index contributed by atoms with van der Waals surface area (Å²) in [5, 5.41) is 0. The molecule has 12 saturated carbocycles. The highest BCUT2D eigenvalue weighted by Crippen LogP contribution is 2.66. The molecule has 51 heavy (non-hydrogen) atoms. The molecule has 2 aromatic carbocycles. The van der Waals surface area contributed by atoms with Crippen molar-refractivity contribution in [1.29, 1.82) is 0 Å². The second-order valence-corrected chi connectivity index (χ2v) is 20.7. The predicted molar refractivity (Wildman–Crippen MR) is 182 cm³/mol. The maximum atomic E-state index is 15.9. The molecule has 0 heterocycles. The quantitative estimate of drug-likeness (QED) is 0.183. The maximum absolute atomic E-state index is 15.9. The van der Waals surface area contributed by atoms with Crippen molar-refractivity contribution in [2.24, 2.45) is 71.0 Å². The third kappa shape index (κ3) is 4.87. The van der Waals surface area contributed by atoms with E-state index in [0.717, 1.165) is 74.3 Å². The van der Waals surface area contributed by atoms with E-state index in [1.807, 2.05) is 0 Å². The molecule has 12 aliphatic rings. The van der Waals surface area contributed by atoms with Crippen LogP contribution in [0.2, 0.25) is 0 Å². The molecule has 12 fully saturated rings. The molecule has 2 aromatic rings. The fraction of sp³-hybridized carbons (Fsp3) is 0.714. The molecular formula is C42H48F4O4S. The molecular weight excluding hydrogens is 677 g/mol. The normalized spacial score (nSPS) is 44.1. The van der Waals surface area contributed by atoms with Crippen LogP contribution in [0.25, 0.3) is 0 Å². The van der Waals surface area contributed by atoms with Gasteiger partial charge in [0.05, 0.1) is 0 Å². The molecule has 0 amide bonds. The molecule has 4 nitrogen and oxygen atoms in total. The lowest BCUT2D eigenvalue weighted by Crippen LogP contribution is -2.45. The smallest absolute Gasteiger partial charge is 0.300 e. The second kappa shape index (κ2) is 11.2. The van der Waals surface area contributed by atoms with E-state index in [-0.39, 0.29) is 11.8 Å². The van der Waals surface area contributed by atoms with Crippen LogP contribution in [0.1, 0.15) is 131 Å². The highest BCUT2D eigenvalue weighted by atomic mass is 32.2. The van der Waals surface area contributed by atoms with E-state index in [4.69, 9.17) is 4.74 Å². The van der Waals surface area contributed by atoms with E-state index < -0.39 is 44.0 Å². The van der Waals surface area contributed by atoms with Gasteiger partial charge < -0.3 is 4.74 Å². The van der Waals surface area contributed by atoms with Crippen molar-refractivity contribution < 1.29 is 35.3 Å². The van der Waals surface area contributed by atoms with Crippen molar-refractivity contribution >= 4 is 10.1 Å². The van der Waals surface area contributed by atoms with Crippen LogP contribution in [0.4, 0.5) is 17.6 Å². The van der Waals surface area contributed by atoms with Gasteiger partial charge in [-0.05, 0) is 202 Å². The zero-order chi connectivity index (χ0) is 34.7. The lowest BCUT2D eigenvalue weighted by Gasteiger charge is -2.57. The van der Waals surface area contributed by atoms with Crippen LogP contribution >= 0.6 is 0 Å². The summed E-state index contributed by atoms with van der Waals surface area (Å²) < 4.78 is 102. The summed E-state index contributed by atoms with van der Waals surface area (Å²) in [7, 11) is -5.58. The standard InChI is InChI=1S/C42H48F4O4S/c43-36-38(45)42(51(47,48)49)39(46)37(44)41(36)50-40-31(34-26-8-20-2-21(10-26)11-27(34)9-20)16-30(33-24-4-18-1-19(6-24)7-25(33)5-18)17-32(40)35-28-12-22-3-23(14-28)15-29(35)13-22/h16-29,33-35H,1-15H2,(H,47,48,49). The van der Waals surface area contributed by atoms with E-state index in [1.54, 1.807) is 0 Å². The minimum Gasteiger partial charge on any atom is -0.450 e. The fourth-order valence-corrected chi connectivity index (χ4v) is 16.5. The lowest BCUT2D eigenvalue weighted by atomic mass is 9.48. The van der Waals surface area contributed by atoms with Crippen LogP contribution in [0, 0.1) is 94.3 Å². The molecule has 12 aliphatic carbocycles. The van der Waals surface area contributed by atoms with Crippen molar-refractivity contribution in [2.45, 2.75) is 119 Å². The highest BCUT2D eigenvalue weighted by molar-refractivity contribution is 7.85. The topological polar surface area (TPSA) is 63.6 Å². The summed E-state index contributed by atoms with van der Waals surface area (Å²) in [5.41, 5.74) is 3.29. The van der Waals surface area contributed by atoms with Gasteiger partial charge in [-0.25, -0.2) is 8.78 Å². The summed E-state index contributed by atoms with van der Waals surface area (Å²) in [6, 6.07) is 4.65. The van der Waals surface area contributed by atoms with Crippen LogP contribution in [0.3, 0.4) is 0 Å². The first-order chi connectivity index (χ1) is 24.5. The predicted octanol–water partition coefficient (Wildman–Crippen LogP) is 10.9. The highest BCUT2D eigenvalue weighted by Gasteiger charge is 2.54. The number of ether oxygens (including phenoxy) is 1. The molecule has 9 heteroatoms. The van der Waals surface area contributed by atoms with Crippen LogP contribution in [-0.4, -0.2) is 13.0 Å². The molecule has 0 spiro atoms. The largest absolute Gasteiger partial charge is 0.450 e. The Labute approximate surface area is 298 Å². The van der Waals surface area contributed by atoms with Crippen LogP contribution in [-0.2, 0) is 10.1 Å². The van der Waals surface area contributed by atoms with Gasteiger partial charge in [-0.3, -0.25) is 4.55 Å². The zero-order valence-corrected chi connectivity index (χ0v) is 29.8. The molecule has 12 bridgehead atoms. The van der Waals surface area contributed by atoms with Crippen LogP contribution < -0.4 is 4.74 Å². The van der Waals surface area contributed by atoms with Crippen molar-refractivity contribution in [3.05, 3.63) is 52.1 Å². The summed E-state index contributed by atoms with van der Waals surface area (Å²) in [6.07, 6.45) is 18.0. The van der Waals surface area contributed by atoms with Gasteiger partial charge >= 0.3 is 10.1 Å². The number of rotatable bonds is 6. The number of hydrogen-bond donors (Lipinski definition) is 1. The Balaban J connectivity index is 1.13. The Morgan fingerprint density at radius 1 is 0.471 bits per heavy atom. The first kappa shape index (κ1) is 32.3. The average molecular weight is 725 g/mol. The summed E-state index contributed by atoms with van der Waals surface area (Å²) >= 11 is 0. The molecule has 0 aliphatic heterocycles. The van der Waals surface area contributed by atoms with E-state index in [9.17, 15) is 13.0 Å². The lowest BCUT2D eigenvalue weighted by molar-refractivity contribution is -0.00817. The molecule has 0 unspecified atom stereocenters. The van der Waals surface area contributed by atoms with Crippen molar-refractivity contribution in [1.82, 2.24) is 0 Å². The molecule has 0 atom stereocenters. The van der Waals surface area contributed by atoms with Crippen molar-refractivity contribution in [3.8, 4) is 11.5 Å². The van der Waals surface area contributed by atoms with Crippen molar-refractivity contribution in [3.63, 3.8) is 0 Å². The summed E-state index contributed by atoms with van der Waals surface area (Å²) in [4.78, 5) is -2.02. The third-order valence-electron chi connectivity index (χ3n) is 16.6. The first-order valence-electron chi connectivity index (χ1n) is 20.2. The summed E-state index contributed by atoms with van der Waals surface area (Å²) in [6.45, 7) is 0. The van der Waals surface area contributed by atoms with E-state index >= 15 is 17.6 Å². The fourth-order valence-electron chi connectivity index (χ4n) is 15.8. The maximum Gasteiger partial charge on any atom is 0.300 e. The van der Waals surface area contributed by atoms with Gasteiger partial charge in [-0.1, -0.05) is 12.1 Å². The van der Waals surface area contributed by atoms with E-state index in [2.05, 4.69) is 12.1 Å². The number of hydrogen-bond acceptors (Lipinski definition) is 3. The Bertz CT molecular complexity index is 1750. The summed E-state index contributed by atoms with van der Waals surface area (Å²) in [5.74, 6) is -0.932. The van der Waals surface area contributed by atoms with Gasteiger partial charge in [0.2, 0.25) is 17.4 Å². The molecule has 1 N–H and O–H groups in total. The van der Waals surface area contributed by atoms with Crippen LogP contribution in [0.15, 0.2) is 17.0 Å². The van der Waals surface area contributed by atoms with Gasteiger partial charge in [0.25, 0.3) is 0 Å². The van der Waals surface area contributed by atoms with Crippen LogP contribution in [0.5, 0.6) is 11.5 Å². The minimum atomic E-state index is -5.58. The Morgan fingerprint density at radius 3 is 1.10 bits per heavy atom. The minimum absolute atomic E-state index is 0.137. The first-order valence-corrected chi connectivity index (χ1v) is 21.6. The Morgan fingerprint density at radius 2 is 0.784 bits per heavy atom. The molecule has 14 rings (SSSR count). The molecule has 0 radical (unpaired) electrons. The van der Waals surface area contributed by atoms with Gasteiger partial charge in [0.15, 0.2) is 16.5 Å². The Kier molecular flexibility index (Phi) is 7.10. The van der Waals surface area contributed by atoms with E-state index in [0.29, 0.717) is 70.8 Å². The molecule has 0 aromatic heterocycles.